The van der Waals surface area contributed by atoms with Crippen molar-refractivity contribution >= 4 is 11.8 Å². The molecule has 6 heteroatoms. The van der Waals surface area contributed by atoms with Crippen molar-refractivity contribution in [3.63, 3.8) is 0 Å². The molecule has 0 amide bonds. The molecule has 6 nitrogen and oxygen atoms in total. The van der Waals surface area contributed by atoms with Crippen LogP contribution in [0.2, 0.25) is 0 Å². The van der Waals surface area contributed by atoms with Crippen molar-refractivity contribution in [1.82, 2.24) is 4.98 Å². The summed E-state index contributed by atoms with van der Waals surface area (Å²) in [5.74, 6) is 0.131. The fraction of sp³-hybridized carbons (Fsp3) is 0.125. The Bertz CT molecular complexity index is 375. The van der Waals surface area contributed by atoms with Gasteiger partial charge in [-0.25, -0.2) is 10.2 Å². The van der Waals surface area contributed by atoms with Gasteiger partial charge >= 0.3 is 0 Å². The van der Waals surface area contributed by atoms with Gasteiger partial charge in [0.1, 0.15) is 11.5 Å². The molecule has 1 aromatic heterocycles. The zero-order valence-corrected chi connectivity index (χ0v) is 7.38. The molecule has 0 aliphatic carbocycles. The largest absolute Gasteiger partial charge is 0.345 e. The first-order valence-corrected chi connectivity index (χ1v) is 3.74. The predicted octanol–water partition coefficient (Wildman–Crippen LogP) is 1.84. The first kappa shape index (κ1) is 10.1. The number of pyridine rings is 1. The summed E-state index contributed by atoms with van der Waals surface area (Å²) in [6.07, 6.45) is 2.70. The van der Waals surface area contributed by atoms with Crippen LogP contribution >= 0.6 is 0 Å². The lowest BCUT2D eigenvalue weighted by molar-refractivity contribution is -0.385. The van der Waals surface area contributed by atoms with Crippen LogP contribution in [-0.4, -0.2) is 15.2 Å². The number of allylic oxidation sites excluding steroid dienone is 1. The summed E-state index contributed by atoms with van der Waals surface area (Å²) in [5, 5.41) is 18.8. The van der Waals surface area contributed by atoms with Gasteiger partial charge in [0.25, 0.3) is 5.69 Å². The van der Waals surface area contributed by atoms with Gasteiger partial charge in [-0.05, 0) is 13.0 Å². The quantitative estimate of drug-likeness (QED) is 0.345. The van der Waals surface area contributed by atoms with Gasteiger partial charge in [-0.15, -0.1) is 0 Å². The third-order valence-electron chi connectivity index (χ3n) is 1.50. The molecular formula is C8H8N2O4. The molecule has 0 saturated heterocycles. The number of hydrogen-bond donors (Lipinski definition) is 1. The molecule has 0 aliphatic rings. The highest BCUT2D eigenvalue weighted by atomic mass is 17.1. The molecule has 0 aromatic carbocycles. The van der Waals surface area contributed by atoms with Crippen LogP contribution in [0.15, 0.2) is 24.1 Å². The van der Waals surface area contributed by atoms with Crippen molar-refractivity contribution in [3.8, 4) is 0 Å². The number of nitrogens with zero attached hydrogens (tertiary/aromatic N) is 2. The first-order valence-electron chi connectivity index (χ1n) is 3.74. The second-order valence-corrected chi connectivity index (χ2v) is 2.51. The van der Waals surface area contributed by atoms with Gasteiger partial charge in [0.05, 0.1) is 4.92 Å². The fourth-order valence-corrected chi connectivity index (χ4v) is 0.894. The monoisotopic (exact) mass is 196 g/mol. The smallest absolute Gasteiger partial charge is 0.294 e. The third-order valence-corrected chi connectivity index (χ3v) is 1.50. The molecule has 0 bridgehead atoms. The minimum Gasteiger partial charge on any atom is -0.345 e. The minimum atomic E-state index is -0.552. The van der Waals surface area contributed by atoms with Crippen LogP contribution in [0, 0.1) is 10.1 Å². The lowest BCUT2D eigenvalue weighted by Crippen LogP contribution is -1.94. The highest BCUT2D eigenvalue weighted by molar-refractivity contribution is 5.57. The summed E-state index contributed by atoms with van der Waals surface area (Å²) < 4.78 is 0. The van der Waals surface area contributed by atoms with Gasteiger partial charge in [-0.2, -0.15) is 0 Å². The second kappa shape index (κ2) is 4.33. The number of nitro groups is 1. The molecule has 0 fully saturated rings. The first-order chi connectivity index (χ1) is 6.65. The number of hydrogen-bond acceptors (Lipinski definition) is 5. The Hall–Kier alpha value is -1.95. The van der Waals surface area contributed by atoms with Crippen molar-refractivity contribution < 1.29 is 15.1 Å². The van der Waals surface area contributed by atoms with E-state index in [9.17, 15) is 10.1 Å². The molecular weight excluding hydrogens is 188 g/mol. The van der Waals surface area contributed by atoms with E-state index in [1.165, 1.54) is 31.3 Å². The summed E-state index contributed by atoms with van der Waals surface area (Å²) in [6, 6.07) is 2.79. The molecule has 1 N–H and O–H groups in total. The summed E-state index contributed by atoms with van der Waals surface area (Å²) in [5.41, 5.74) is 0.00736. The molecule has 0 unspecified atom stereocenters. The Morgan fingerprint density at radius 2 is 2.50 bits per heavy atom. The summed E-state index contributed by atoms with van der Waals surface area (Å²) >= 11 is 0. The van der Waals surface area contributed by atoms with Gasteiger partial charge in [0.15, 0.2) is 0 Å². The molecule has 0 aliphatic heterocycles. The topological polar surface area (TPSA) is 85.5 Å². The van der Waals surface area contributed by atoms with E-state index in [1.54, 1.807) is 0 Å². The summed E-state index contributed by atoms with van der Waals surface area (Å²) in [7, 11) is 0. The molecule has 1 aromatic rings. The maximum absolute atomic E-state index is 10.5. The van der Waals surface area contributed by atoms with Crippen LogP contribution in [0.25, 0.3) is 6.08 Å². The van der Waals surface area contributed by atoms with Crippen molar-refractivity contribution in [2.75, 3.05) is 0 Å². The Balaban J connectivity index is 3.14. The maximum atomic E-state index is 10.5. The third kappa shape index (κ3) is 2.27. The van der Waals surface area contributed by atoms with Crippen molar-refractivity contribution in [2.24, 2.45) is 0 Å². The average molecular weight is 196 g/mol. The van der Waals surface area contributed by atoms with Gasteiger partial charge in [0.2, 0.25) is 0 Å². The van der Waals surface area contributed by atoms with Crippen LogP contribution < -0.4 is 0 Å². The lowest BCUT2D eigenvalue weighted by atomic mass is 10.3. The standard InChI is InChI=1S/C8H8N2O4/c1-6(14-13)5-7-8(10(11)12)3-2-4-9-7/h2-5,13H,1H3/b6-5-. The molecule has 1 heterocycles. The van der Waals surface area contributed by atoms with Crippen molar-refractivity contribution in [3.05, 3.63) is 39.9 Å². The Morgan fingerprint density at radius 3 is 3.07 bits per heavy atom. The van der Waals surface area contributed by atoms with Crippen LogP contribution in [-0.2, 0) is 4.89 Å². The van der Waals surface area contributed by atoms with Crippen LogP contribution in [0.4, 0.5) is 5.69 Å². The molecule has 0 saturated carbocycles. The Kier molecular flexibility index (Phi) is 3.14. The summed E-state index contributed by atoms with van der Waals surface area (Å²) in [6.45, 7) is 1.46. The minimum absolute atomic E-state index is 0.131. The molecule has 1 rings (SSSR count). The van der Waals surface area contributed by atoms with Gasteiger partial charge < -0.3 is 4.89 Å². The van der Waals surface area contributed by atoms with E-state index in [2.05, 4.69) is 9.87 Å². The second-order valence-electron chi connectivity index (χ2n) is 2.51. The summed E-state index contributed by atoms with van der Waals surface area (Å²) in [4.78, 5) is 17.6. The zero-order valence-electron chi connectivity index (χ0n) is 7.38. The van der Waals surface area contributed by atoms with E-state index in [1.807, 2.05) is 0 Å². The van der Waals surface area contributed by atoms with Gasteiger partial charge in [-0.1, -0.05) is 0 Å². The Morgan fingerprint density at radius 1 is 1.79 bits per heavy atom. The van der Waals surface area contributed by atoms with Crippen LogP contribution in [0.5, 0.6) is 0 Å². The van der Waals surface area contributed by atoms with E-state index < -0.39 is 4.92 Å². The van der Waals surface area contributed by atoms with E-state index in [0.717, 1.165) is 0 Å². The predicted molar refractivity (Wildman–Crippen MR) is 48.3 cm³/mol. The molecule has 0 atom stereocenters. The fourth-order valence-electron chi connectivity index (χ4n) is 0.894. The van der Waals surface area contributed by atoms with Crippen molar-refractivity contribution in [2.45, 2.75) is 6.92 Å². The number of rotatable bonds is 3. The van der Waals surface area contributed by atoms with Crippen molar-refractivity contribution in [1.29, 1.82) is 0 Å². The molecule has 74 valence electrons. The van der Waals surface area contributed by atoms with Gasteiger partial charge in [0, 0.05) is 18.3 Å². The molecule has 0 radical (unpaired) electrons. The SMILES string of the molecule is C/C(=C/c1ncccc1[N+](=O)[O-])OO. The molecule has 0 spiro atoms. The zero-order chi connectivity index (χ0) is 10.6. The Labute approximate surface area is 79.5 Å². The highest BCUT2D eigenvalue weighted by Gasteiger charge is 2.11. The van der Waals surface area contributed by atoms with E-state index in [-0.39, 0.29) is 17.1 Å². The van der Waals surface area contributed by atoms with Crippen LogP contribution in [0.1, 0.15) is 12.6 Å². The average Bonchev–Trinajstić information content (AvgIpc) is 2.18. The normalized spacial score (nSPS) is 11.1. The lowest BCUT2D eigenvalue weighted by Gasteiger charge is -1.97. The van der Waals surface area contributed by atoms with E-state index in [0.29, 0.717) is 0 Å². The maximum Gasteiger partial charge on any atom is 0.294 e. The van der Waals surface area contributed by atoms with E-state index >= 15 is 0 Å². The van der Waals surface area contributed by atoms with E-state index in [4.69, 9.17) is 5.26 Å². The van der Waals surface area contributed by atoms with Gasteiger partial charge in [-0.3, -0.25) is 10.1 Å². The highest BCUT2D eigenvalue weighted by Crippen LogP contribution is 2.17. The van der Waals surface area contributed by atoms with Crippen LogP contribution in [0.3, 0.4) is 0 Å². The molecule has 14 heavy (non-hydrogen) atoms. The number of aromatic nitrogens is 1.